The van der Waals surface area contributed by atoms with Gasteiger partial charge in [0.15, 0.2) is 5.82 Å². The van der Waals surface area contributed by atoms with Crippen LogP contribution in [0.4, 0.5) is 8.78 Å². The third-order valence-electron chi connectivity index (χ3n) is 6.26. The predicted octanol–water partition coefficient (Wildman–Crippen LogP) is 3.66. The van der Waals surface area contributed by atoms with Gasteiger partial charge in [-0.2, -0.15) is 0 Å². The molecule has 2 saturated carbocycles. The molecule has 5 rings (SSSR count). The van der Waals surface area contributed by atoms with E-state index < -0.39 is 16.4 Å². The maximum absolute atomic E-state index is 13.9. The fourth-order valence-electron chi connectivity index (χ4n) is 4.76. The summed E-state index contributed by atoms with van der Waals surface area (Å²) in [5, 5.41) is 0.455. The molecule has 29 heavy (non-hydrogen) atoms. The SMILES string of the molecule is CC[C@@H]1C[C@H](NS(=O)(=O)C2CC2)C[C@@H]1n1c(C(F)F)nc2cnc3[nH]ccc3c21. The van der Waals surface area contributed by atoms with Gasteiger partial charge in [-0.25, -0.2) is 31.9 Å². The molecule has 3 aromatic heterocycles. The second-order valence-corrected chi connectivity index (χ2v) is 10.1. The normalized spacial score (nSPS) is 25.6. The molecule has 0 spiro atoms. The number of nitrogens with one attached hydrogen (secondary N) is 2. The third kappa shape index (κ3) is 3.13. The molecule has 2 aliphatic rings. The number of aromatic nitrogens is 4. The van der Waals surface area contributed by atoms with Crippen molar-refractivity contribution in [1.82, 2.24) is 24.2 Å². The quantitative estimate of drug-likeness (QED) is 0.633. The summed E-state index contributed by atoms with van der Waals surface area (Å²) < 4.78 is 57.2. The van der Waals surface area contributed by atoms with Crippen LogP contribution in [-0.4, -0.2) is 39.2 Å². The monoisotopic (exact) mass is 423 g/mol. The van der Waals surface area contributed by atoms with Crippen molar-refractivity contribution in [2.24, 2.45) is 5.92 Å². The number of aromatic amines is 1. The van der Waals surface area contributed by atoms with Crippen molar-refractivity contribution in [3.8, 4) is 0 Å². The first-order chi connectivity index (χ1) is 13.9. The number of fused-ring (bicyclic) bond motifs is 3. The van der Waals surface area contributed by atoms with Gasteiger partial charge < -0.3 is 9.55 Å². The molecule has 0 saturated heterocycles. The van der Waals surface area contributed by atoms with Crippen LogP contribution >= 0.6 is 0 Å². The Labute approximate surface area is 167 Å². The zero-order valence-corrected chi connectivity index (χ0v) is 16.8. The van der Waals surface area contributed by atoms with Gasteiger partial charge in [0.25, 0.3) is 6.43 Å². The van der Waals surface area contributed by atoms with Crippen LogP contribution in [0.5, 0.6) is 0 Å². The molecular weight excluding hydrogens is 400 g/mol. The number of nitrogens with zero attached hydrogens (tertiary/aromatic N) is 3. The van der Waals surface area contributed by atoms with E-state index in [1.165, 1.54) is 6.20 Å². The molecule has 3 atom stereocenters. The minimum atomic E-state index is -3.33. The predicted molar refractivity (Wildman–Crippen MR) is 105 cm³/mol. The van der Waals surface area contributed by atoms with E-state index in [9.17, 15) is 17.2 Å². The van der Waals surface area contributed by atoms with Crippen LogP contribution in [0.25, 0.3) is 22.1 Å². The van der Waals surface area contributed by atoms with E-state index in [0.29, 0.717) is 42.4 Å². The van der Waals surface area contributed by atoms with Crippen molar-refractivity contribution in [2.75, 3.05) is 0 Å². The first kappa shape index (κ1) is 18.9. The Morgan fingerprint density at radius 3 is 2.83 bits per heavy atom. The van der Waals surface area contributed by atoms with Crippen molar-refractivity contribution in [2.45, 2.75) is 62.8 Å². The first-order valence-electron chi connectivity index (χ1n) is 10.0. The Balaban J connectivity index is 1.59. The van der Waals surface area contributed by atoms with Gasteiger partial charge in [0, 0.05) is 23.7 Å². The van der Waals surface area contributed by atoms with E-state index in [1.54, 1.807) is 10.8 Å². The van der Waals surface area contributed by atoms with Gasteiger partial charge in [-0.15, -0.1) is 0 Å². The highest BCUT2D eigenvalue weighted by Crippen LogP contribution is 2.43. The number of hydrogen-bond acceptors (Lipinski definition) is 4. The van der Waals surface area contributed by atoms with E-state index >= 15 is 0 Å². The van der Waals surface area contributed by atoms with Gasteiger partial charge in [-0.3, -0.25) is 0 Å². The van der Waals surface area contributed by atoms with E-state index in [2.05, 4.69) is 19.7 Å². The summed E-state index contributed by atoms with van der Waals surface area (Å²) in [6, 6.07) is 1.32. The lowest BCUT2D eigenvalue weighted by atomic mass is 10.00. The minimum Gasteiger partial charge on any atom is -0.346 e. The van der Waals surface area contributed by atoms with Crippen molar-refractivity contribution in [3.63, 3.8) is 0 Å². The average Bonchev–Trinajstić information content (AvgIpc) is 3.14. The van der Waals surface area contributed by atoms with Crippen molar-refractivity contribution in [3.05, 3.63) is 24.3 Å². The molecule has 0 radical (unpaired) electrons. The van der Waals surface area contributed by atoms with Crippen LogP contribution in [0, 0.1) is 5.92 Å². The Morgan fingerprint density at radius 1 is 1.34 bits per heavy atom. The summed E-state index contributed by atoms with van der Waals surface area (Å²) in [6.45, 7) is 2.02. The number of sulfonamides is 1. The average molecular weight is 423 g/mol. The van der Waals surface area contributed by atoms with Gasteiger partial charge in [0.05, 0.1) is 17.0 Å². The molecule has 2 fully saturated rings. The molecule has 0 bridgehead atoms. The second kappa shape index (κ2) is 6.73. The smallest absolute Gasteiger partial charge is 0.295 e. The molecule has 2 aliphatic carbocycles. The maximum Gasteiger partial charge on any atom is 0.295 e. The van der Waals surface area contributed by atoms with Gasteiger partial charge >= 0.3 is 0 Å². The number of hydrogen-bond donors (Lipinski definition) is 2. The maximum atomic E-state index is 13.9. The lowest BCUT2D eigenvalue weighted by Gasteiger charge is -2.23. The first-order valence-corrected chi connectivity index (χ1v) is 11.6. The number of halogens is 2. The Hall–Kier alpha value is -2.07. The van der Waals surface area contributed by atoms with Crippen LogP contribution in [0.3, 0.4) is 0 Å². The summed E-state index contributed by atoms with van der Waals surface area (Å²) >= 11 is 0. The number of imidazole rings is 1. The topological polar surface area (TPSA) is 92.7 Å². The number of pyridine rings is 1. The van der Waals surface area contributed by atoms with Crippen molar-refractivity contribution in [1.29, 1.82) is 0 Å². The molecule has 156 valence electrons. The highest BCUT2D eigenvalue weighted by molar-refractivity contribution is 7.90. The summed E-state index contributed by atoms with van der Waals surface area (Å²) in [7, 11) is -3.33. The zero-order valence-electron chi connectivity index (χ0n) is 16.0. The molecule has 0 aliphatic heterocycles. The zero-order chi connectivity index (χ0) is 20.3. The van der Waals surface area contributed by atoms with E-state index in [1.807, 2.05) is 13.0 Å². The lowest BCUT2D eigenvalue weighted by molar-refractivity contribution is 0.131. The van der Waals surface area contributed by atoms with Crippen LogP contribution in [0.1, 0.15) is 57.3 Å². The Kier molecular flexibility index (Phi) is 4.39. The summed E-state index contributed by atoms with van der Waals surface area (Å²) in [4.78, 5) is 11.5. The number of rotatable bonds is 6. The standard InChI is InChI=1S/C19H23F2N5O2S/c1-2-10-7-11(25-29(27,28)12-3-4-12)8-15(10)26-16-13-5-6-22-18(13)23-9-14(16)24-19(26)17(20)21/h5-6,9-12,15,17,25H,2-4,7-8H2,1H3,(H,22,23)/t10-,11+,15+/m1/s1. The minimum absolute atomic E-state index is 0.0824. The van der Waals surface area contributed by atoms with Crippen LogP contribution in [-0.2, 0) is 10.0 Å². The third-order valence-corrected chi connectivity index (χ3v) is 8.28. The van der Waals surface area contributed by atoms with Crippen LogP contribution in [0.2, 0.25) is 0 Å². The fourth-order valence-corrected chi connectivity index (χ4v) is 6.37. The van der Waals surface area contributed by atoms with Crippen molar-refractivity contribution < 1.29 is 17.2 Å². The number of alkyl halides is 2. The molecule has 7 nitrogen and oxygen atoms in total. The Bertz CT molecular complexity index is 1170. The molecule has 0 unspecified atom stereocenters. The lowest BCUT2D eigenvalue weighted by Crippen LogP contribution is -2.35. The molecule has 2 N–H and O–H groups in total. The van der Waals surface area contributed by atoms with Gasteiger partial charge in [-0.1, -0.05) is 13.3 Å². The van der Waals surface area contributed by atoms with Gasteiger partial charge in [0.1, 0.15) is 11.2 Å². The fraction of sp³-hybridized carbons (Fsp3) is 0.579. The van der Waals surface area contributed by atoms with Crippen molar-refractivity contribution >= 4 is 32.1 Å². The van der Waals surface area contributed by atoms with E-state index in [0.717, 1.165) is 11.8 Å². The molecular formula is C19H23F2N5O2S. The largest absolute Gasteiger partial charge is 0.346 e. The summed E-state index contributed by atoms with van der Waals surface area (Å²) in [5.74, 6) is -0.191. The summed E-state index contributed by atoms with van der Waals surface area (Å²) in [5.41, 5.74) is 1.70. The molecule has 0 aromatic carbocycles. The molecule has 3 aromatic rings. The summed E-state index contributed by atoms with van der Waals surface area (Å²) in [6.07, 6.45) is 3.80. The highest BCUT2D eigenvalue weighted by atomic mass is 32.2. The van der Waals surface area contributed by atoms with Gasteiger partial charge in [0.2, 0.25) is 10.0 Å². The highest BCUT2D eigenvalue weighted by Gasteiger charge is 2.42. The molecule has 0 amide bonds. The van der Waals surface area contributed by atoms with Gasteiger partial charge in [-0.05, 0) is 37.7 Å². The molecule has 3 heterocycles. The van der Waals surface area contributed by atoms with E-state index in [-0.39, 0.29) is 29.1 Å². The number of H-pyrrole nitrogens is 1. The second-order valence-electron chi connectivity index (χ2n) is 8.14. The van der Waals surface area contributed by atoms with Crippen LogP contribution < -0.4 is 4.72 Å². The Morgan fingerprint density at radius 2 is 2.14 bits per heavy atom. The van der Waals surface area contributed by atoms with E-state index in [4.69, 9.17) is 0 Å². The molecule has 10 heteroatoms. The van der Waals surface area contributed by atoms with Crippen LogP contribution in [0.15, 0.2) is 18.5 Å².